The molecule has 0 fully saturated rings. The van der Waals surface area contributed by atoms with E-state index in [1.165, 1.54) is 11.8 Å². The number of fused-ring (bicyclic) bond motifs is 1. The first-order valence-corrected chi connectivity index (χ1v) is 10.4. The molecule has 7 nitrogen and oxygen atoms in total. The highest BCUT2D eigenvalue weighted by Gasteiger charge is 2.31. The van der Waals surface area contributed by atoms with Crippen molar-refractivity contribution in [2.24, 2.45) is 0 Å². The molecule has 1 amide bonds. The van der Waals surface area contributed by atoms with Gasteiger partial charge in [-0.25, -0.2) is 4.98 Å². The Labute approximate surface area is 168 Å². The average molecular weight is 404 g/mol. The van der Waals surface area contributed by atoms with Crippen molar-refractivity contribution in [3.63, 3.8) is 0 Å². The van der Waals surface area contributed by atoms with Crippen molar-refractivity contribution in [2.45, 2.75) is 44.2 Å². The number of carbonyl (C=O) groups excluding carboxylic acids is 1. The van der Waals surface area contributed by atoms with E-state index in [-0.39, 0.29) is 23.8 Å². The SMILES string of the molecule is CCCOc1ccc([C@H]2CC(=O)Nc3nc(SCCC)[nH]c(=O)c32)cc1OC. The first-order chi connectivity index (χ1) is 13.6. The van der Waals surface area contributed by atoms with Crippen LogP contribution in [-0.2, 0) is 4.79 Å². The Morgan fingerprint density at radius 2 is 2.04 bits per heavy atom. The molecule has 0 spiro atoms. The zero-order valence-corrected chi connectivity index (χ0v) is 17.1. The minimum atomic E-state index is -0.389. The van der Waals surface area contributed by atoms with Crippen molar-refractivity contribution in [1.82, 2.24) is 9.97 Å². The number of carbonyl (C=O) groups is 1. The van der Waals surface area contributed by atoms with Crippen LogP contribution < -0.4 is 20.3 Å². The van der Waals surface area contributed by atoms with Gasteiger partial charge in [0.2, 0.25) is 5.91 Å². The fourth-order valence-electron chi connectivity index (χ4n) is 3.13. The van der Waals surface area contributed by atoms with Crippen molar-refractivity contribution >= 4 is 23.5 Å². The molecule has 28 heavy (non-hydrogen) atoms. The minimum Gasteiger partial charge on any atom is -0.493 e. The summed E-state index contributed by atoms with van der Waals surface area (Å²) in [5.74, 6) is 1.86. The molecule has 0 saturated heterocycles. The number of ether oxygens (including phenoxy) is 2. The maximum absolute atomic E-state index is 12.8. The van der Waals surface area contributed by atoms with Gasteiger partial charge in [0.15, 0.2) is 16.7 Å². The number of methoxy groups -OCH3 is 1. The molecule has 0 aliphatic carbocycles. The lowest BCUT2D eigenvalue weighted by Gasteiger charge is -2.25. The van der Waals surface area contributed by atoms with Gasteiger partial charge in [-0.3, -0.25) is 9.59 Å². The van der Waals surface area contributed by atoms with Gasteiger partial charge < -0.3 is 19.8 Å². The van der Waals surface area contributed by atoms with E-state index in [1.54, 1.807) is 7.11 Å². The first-order valence-electron chi connectivity index (χ1n) is 9.44. The smallest absolute Gasteiger partial charge is 0.257 e. The fraction of sp³-hybridized carbons (Fsp3) is 0.450. The predicted octanol–water partition coefficient (Wildman–Crippen LogP) is 3.54. The van der Waals surface area contributed by atoms with Gasteiger partial charge in [-0.1, -0.05) is 31.7 Å². The van der Waals surface area contributed by atoms with E-state index in [2.05, 4.69) is 22.2 Å². The van der Waals surface area contributed by atoms with Crippen molar-refractivity contribution in [1.29, 1.82) is 0 Å². The number of aromatic amines is 1. The zero-order valence-electron chi connectivity index (χ0n) is 16.3. The Morgan fingerprint density at radius 3 is 2.75 bits per heavy atom. The van der Waals surface area contributed by atoms with Crippen LogP contribution >= 0.6 is 11.8 Å². The van der Waals surface area contributed by atoms with Gasteiger partial charge in [0, 0.05) is 18.1 Å². The van der Waals surface area contributed by atoms with E-state index >= 15 is 0 Å². The molecule has 2 N–H and O–H groups in total. The van der Waals surface area contributed by atoms with Crippen LogP contribution in [0.2, 0.25) is 0 Å². The molecule has 1 aliphatic heterocycles. The Kier molecular flexibility index (Phi) is 6.61. The van der Waals surface area contributed by atoms with Gasteiger partial charge in [0.05, 0.1) is 19.3 Å². The minimum absolute atomic E-state index is 0.160. The van der Waals surface area contributed by atoms with Gasteiger partial charge in [-0.05, 0) is 30.5 Å². The Balaban J connectivity index is 2.00. The van der Waals surface area contributed by atoms with Crippen LogP contribution in [0.15, 0.2) is 28.2 Å². The van der Waals surface area contributed by atoms with Gasteiger partial charge in [-0.15, -0.1) is 0 Å². The van der Waals surface area contributed by atoms with Gasteiger partial charge >= 0.3 is 0 Å². The molecule has 0 radical (unpaired) electrons. The summed E-state index contributed by atoms with van der Waals surface area (Å²) < 4.78 is 11.2. The molecule has 3 rings (SSSR count). The number of H-pyrrole nitrogens is 1. The zero-order chi connectivity index (χ0) is 20.1. The van der Waals surface area contributed by atoms with Crippen LogP contribution in [0.1, 0.15) is 50.2 Å². The second-order valence-corrected chi connectivity index (χ2v) is 7.63. The highest BCUT2D eigenvalue weighted by molar-refractivity contribution is 7.99. The topological polar surface area (TPSA) is 93.3 Å². The van der Waals surface area contributed by atoms with E-state index in [1.807, 2.05) is 25.1 Å². The third kappa shape index (κ3) is 4.32. The molecule has 1 atom stereocenters. The average Bonchev–Trinajstić information content (AvgIpc) is 2.69. The van der Waals surface area contributed by atoms with Gasteiger partial charge in [0.25, 0.3) is 5.56 Å². The predicted molar refractivity (Wildman–Crippen MR) is 110 cm³/mol. The first kappa shape index (κ1) is 20.3. The summed E-state index contributed by atoms with van der Waals surface area (Å²) in [5, 5.41) is 3.27. The number of aromatic nitrogens is 2. The molecule has 150 valence electrons. The maximum Gasteiger partial charge on any atom is 0.257 e. The molecule has 8 heteroatoms. The molecule has 2 heterocycles. The van der Waals surface area contributed by atoms with Gasteiger partial charge in [-0.2, -0.15) is 0 Å². The largest absolute Gasteiger partial charge is 0.493 e. The normalized spacial score (nSPS) is 15.7. The quantitative estimate of drug-likeness (QED) is 0.517. The molecule has 0 unspecified atom stereocenters. The van der Waals surface area contributed by atoms with Crippen LogP contribution in [0.25, 0.3) is 0 Å². The number of benzene rings is 1. The molecule has 1 aromatic carbocycles. The molecular weight excluding hydrogens is 378 g/mol. The summed E-state index contributed by atoms with van der Waals surface area (Å²) in [4.78, 5) is 32.4. The van der Waals surface area contributed by atoms with Crippen molar-refractivity contribution in [3.8, 4) is 11.5 Å². The van der Waals surface area contributed by atoms with Crippen molar-refractivity contribution in [2.75, 3.05) is 24.8 Å². The number of thioether (sulfide) groups is 1. The molecule has 2 aromatic rings. The van der Waals surface area contributed by atoms with Crippen LogP contribution in [0.5, 0.6) is 11.5 Å². The van der Waals surface area contributed by atoms with E-state index in [9.17, 15) is 9.59 Å². The summed E-state index contributed by atoms with van der Waals surface area (Å²) >= 11 is 1.47. The summed E-state index contributed by atoms with van der Waals surface area (Å²) in [6.07, 6.45) is 2.03. The van der Waals surface area contributed by atoms with Gasteiger partial charge in [0.1, 0.15) is 5.82 Å². The molecular formula is C20H25N3O4S. The Hall–Kier alpha value is -2.48. The Morgan fingerprint density at radius 1 is 1.21 bits per heavy atom. The molecule has 1 aromatic heterocycles. The van der Waals surface area contributed by atoms with Crippen LogP contribution in [0, 0.1) is 0 Å². The highest BCUT2D eigenvalue weighted by atomic mass is 32.2. The standard InChI is InChI=1S/C20H25N3O4S/c1-4-8-27-14-7-6-12(10-15(14)26-3)13-11-16(24)21-18-17(13)19(25)23-20(22-18)28-9-5-2/h6-7,10,13H,4-5,8-9,11H2,1-3H3,(H2,21,22,23,24,25)/t13-/m1/s1. The highest BCUT2D eigenvalue weighted by Crippen LogP contribution is 2.38. The second-order valence-electron chi connectivity index (χ2n) is 6.55. The van der Waals surface area contributed by atoms with Crippen LogP contribution in [-0.4, -0.2) is 35.3 Å². The van der Waals surface area contributed by atoms with E-state index in [0.717, 1.165) is 24.2 Å². The number of nitrogens with one attached hydrogen (secondary N) is 2. The lowest BCUT2D eigenvalue weighted by atomic mass is 9.86. The number of amides is 1. The number of nitrogens with zero attached hydrogens (tertiary/aromatic N) is 1. The number of hydrogen-bond acceptors (Lipinski definition) is 6. The summed E-state index contributed by atoms with van der Waals surface area (Å²) in [5.41, 5.74) is 1.07. The lowest BCUT2D eigenvalue weighted by Crippen LogP contribution is -2.31. The summed E-state index contributed by atoms with van der Waals surface area (Å²) in [7, 11) is 1.57. The molecule has 1 aliphatic rings. The van der Waals surface area contributed by atoms with Crippen LogP contribution in [0.3, 0.4) is 0 Å². The number of rotatable bonds is 8. The third-order valence-electron chi connectivity index (χ3n) is 4.42. The third-order valence-corrected chi connectivity index (χ3v) is 5.50. The van der Waals surface area contributed by atoms with E-state index < -0.39 is 0 Å². The van der Waals surface area contributed by atoms with Crippen LogP contribution in [0.4, 0.5) is 5.82 Å². The molecule has 0 saturated carbocycles. The molecule has 0 bridgehead atoms. The van der Waals surface area contributed by atoms with Crippen molar-refractivity contribution < 1.29 is 14.3 Å². The summed E-state index contributed by atoms with van der Waals surface area (Å²) in [6.45, 7) is 4.68. The Bertz CT molecular complexity index is 913. The lowest BCUT2D eigenvalue weighted by molar-refractivity contribution is -0.116. The maximum atomic E-state index is 12.8. The number of anilines is 1. The fourth-order valence-corrected chi connectivity index (χ4v) is 3.85. The second kappa shape index (κ2) is 9.14. The monoisotopic (exact) mass is 403 g/mol. The van der Waals surface area contributed by atoms with E-state index in [0.29, 0.717) is 34.6 Å². The number of hydrogen-bond donors (Lipinski definition) is 2. The van der Waals surface area contributed by atoms with Crippen molar-refractivity contribution in [3.05, 3.63) is 39.7 Å². The summed E-state index contributed by atoms with van der Waals surface area (Å²) in [6, 6.07) is 5.53. The van der Waals surface area contributed by atoms with E-state index in [4.69, 9.17) is 9.47 Å².